The van der Waals surface area contributed by atoms with Crippen LogP contribution in [0.15, 0.2) is 0 Å². The molecule has 0 bridgehead atoms. The third-order valence-electron chi connectivity index (χ3n) is 11.5. The molecule has 0 aromatic heterocycles. The molecule has 28 heavy (non-hydrogen) atoms. The summed E-state index contributed by atoms with van der Waals surface area (Å²) < 4.78 is 0. The average Bonchev–Trinajstić information content (AvgIpc) is 3.54. The number of hydrogen-bond donors (Lipinski definition) is 4. The fourth-order valence-corrected chi connectivity index (χ4v) is 10.1. The lowest BCUT2D eigenvalue weighted by atomic mass is 9.42. The van der Waals surface area contributed by atoms with Crippen molar-refractivity contribution in [1.82, 2.24) is 0 Å². The van der Waals surface area contributed by atoms with Crippen molar-refractivity contribution in [3.63, 3.8) is 0 Å². The zero-order chi connectivity index (χ0) is 19.7. The topological polar surface area (TPSA) is 80.9 Å². The summed E-state index contributed by atoms with van der Waals surface area (Å²) in [4.78, 5) is 0. The summed E-state index contributed by atoms with van der Waals surface area (Å²) in [5.41, 5.74) is -1.38. The SMILES string of the molecule is C[C@]12CCC3C(C4C[C@H]4[C@]4(O)C[C@@H](O)CC[C@]34C)C1C1C[C@@H]1[C@@]2(O)CCCO. The Labute approximate surface area is 168 Å². The van der Waals surface area contributed by atoms with E-state index in [1.165, 1.54) is 6.42 Å². The quantitative estimate of drug-likeness (QED) is 0.597. The Hall–Kier alpha value is -0.160. The van der Waals surface area contributed by atoms with Gasteiger partial charge < -0.3 is 20.4 Å². The van der Waals surface area contributed by atoms with Crippen LogP contribution < -0.4 is 0 Å². The molecule has 6 rings (SSSR count). The van der Waals surface area contributed by atoms with Gasteiger partial charge in [0.2, 0.25) is 0 Å². The number of fused-ring (bicyclic) bond motifs is 10. The van der Waals surface area contributed by atoms with Crippen LogP contribution in [0.2, 0.25) is 0 Å². The molecule has 0 heterocycles. The maximum absolute atomic E-state index is 11.9. The second-order valence-electron chi connectivity index (χ2n) is 12.2. The van der Waals surface area contributed by atoms with Crippen LogP contribution in [0.1, 0.15) is 71.6 Å². The minimum Gasteiger partial charge on any atom is -0.396 e. The van der Waals surface area contributed by atoms with Crippen molar-refractivity contribution in [1.29, 1.82) is 0 Å². The first kappa shape index (κ1) is 18.6. The largest absolute Gasteiger partial charge is 0.396 e. The number of hydrogen-bond acceptors (Lipinski definition) is 4. The lowest BCUT2D eigenvalue weighted by molar-refractivity contribution is -0.237. The van der Waals surface area contributed by atoms with Crippen molar-refractivity contribution < 1.29 is 20.4 Å². The predicted octanol–water partition coefficient (Wildman–Crippen LogP) is 2.72. The Morgan fingerprint density at radius 3 is 2.36 bits per heavy atom. The van der Waals surface area contributed by atoms with Crippen LogP contribution in [-0.2, 0) is 0 Å². The molecule has 6 fully saturated rings. The Bertz CT molecular complexity index is 696. The van der Waals surface area contributed by atoms with Crippen molar-refractivity contribution in [2.45, 2.75) is 88.9 Å². The molecule has 6 saturated carbocycles. The molecule has 6 aliphatic rings. The fourth-order valence-electron chi connectivity index (χ4n) is 10.1. The molecule has 5 unspecified atom stereocenters. The molecule has 0 spiro atoms. The third kappa shape index (κ3) is 1.89. The van der Waals surface area contributed by atoms with Crippen molar-refractivity contribution in [3.8, 4) is 0 Å². The van der Waals surface area contributed by atoms with Crippen LogP contribution in [-0.4, -0.2) is 44.3 Å². The summed E-state index contributed by atoms with van der Waals surface area (Å²) in [6.07, 6.45) is 7.91. The number of aliphatic hydroxyl groups excluding tert-OH is 2. The normalized spacial score (nSPS) is 66.2. The highest BCUT2D eigenvalue weighted by Crippen LogP contribution is 2.82. The molecule has 158 valence electrons. The van der Waals surface area contributed by atoms with Gasteiger partial charge >= 0.3 is 0 Å². The zero-order valence-electron chi connectivity index (χ0n) is 17.5. The Kier molecular flexibility index (Phi) is 3.56. The van der Waals surface area contributed by atoms with Gasteiger partial charge in [0.15, 0.2) is 0 Å². The predicted molar refractivity (Wildman–Crippen MR) is 105 cm³/mol. The van der Waals surface area contributed by atoms with Crippen molar-refractivity contribution in [3.05, 3.63) is 0 Å². The van der Waals surface area contributed by atoms with Crippen molar-refractivity contribution >= 4 is 0 Å². The summed E-state index contributed by atoms with van der Waals surface area (Å²) in [5.74, 6) is 3.82. The average molecular weight is 391 g/mol. The van der Waals surface area contributed by atoms with E-state index in [0.717, 1.165) is 38.5 Å². The summed E-state index contributed by atoms with van der Waals surface area (Å²) >= 11 is 0. The smallest absolute Gasteiger partial charge is 0.0759 e. The molecular formula is C24H38O4. The highest BCUT2D eigenvalue weighted by molar-refractivity contribution is 5.29. The first-order valence-corrected chi connectivity index (χ1v) is 11.9. The van der Waals surface area contributed by atoms with Gasteiger partial charge in [0.1, 0.15) is 0 Å². The van der Waals surface area contributed by atoms with Gasteiger partial charge in [0, 0.05) is 13.0 Å². The third-order valence-corrected chi connectivity index (χ3v) is 11.5. The molecule has 0 radical (unpaired) electrons. The molecule has 12 atom stereocenters. The number of aliphatic hydroxyl groups is 4. The molecule has 0 saturated heterocycles. The van der Waals surface area contributed by atoms with Gasteiger partial charge in [-0.05, 0) is 104 Å². The van der Waals surface area contributed by atoms with Crippen LogP contribution in [0.5, 0.6) is 0 Å². The standard InChI is InChI=1S/C24H38O4/c1-21-7-4-13(26)12-24(21,28)17-10-14(17)19-16(21)5-8-22(2)20(19)15-11-18(15)23(22,27)6-3-9-25/h13-20,25-28H,3-12H2,1-2H3/t13-,14?,15?,16?,17+,18-,19?,20?,21+,22-,23-,24+/m0/s1. The van der Waals surface area contributed by atoms with Gasteiger partial charge in [-0.1, -0.05) is 13.8 Å². The van der Waals surface area contributed by atoms with Gasteiger partial charge in [-0.2, -0.15) is 0 Å². The van der Waals surface area contributed by atoms with Gasteiger partial charge in [0.05, 0.1) is 17.3 Å². The molecular weight excluding hydrogens is 352 g/mol. The Balaban J connectivity index is 1.38. The van der Waals surface area contributed by atoms with E-state index < -0.39 is 11.2 Å². The van der Waals surface area contributed by atoms with Gasteiger partial charge in [0.25, 0.3) is 0 Å². The summed E-state index contributed by atoms with van der Waals surface area (Å²) in [6, 6.07) is 0. The second kappa shape index (κ2) is 5.36. The van der Waals surface area contributed by atoms with E-state index in [4.69, 9.17) is 0 Å². The number of rotatable bonds is 3. The molecule has 6 aliphatic carbocycles. The van der Waals surface area contributed by atoms with E-state index in [2.05, 4.69) is 13.8 Å². The van der Waals surface area contributed by atoms with Crippen LogP contribution in [0.4, 0.5) is 0 Å². The summed E-state index contributed by atoms with van der Waals surface area (Å²) in [5, 5.41) is 43.4. The van der Waals surface area contributed by atoms with Gasteiger partial charge in [-0.3, -0.25) is 0 Å². The van der Waals surface area contributed by atoms with E-state index in [-0.39, 0.29) is 23.5 Å². The van der Waals surface area contributed by atoms with Gasteiger partial charge in [-0.15, -0.1) is 0 Å². The first-order chi connectivity index (χ1) is 13.2. The lowest BCUT2D eigenvalue weighted by Crippen LogP contribution is -2.65. The maximum atomic E-state index is 11.9. The van der Waals surface area contributed by atoms with Crippen LogP contribution >= 0.6 is 0 Å². The van der Waals surface area contributed by atoms with Crippen molar-refractivity contribution in [2.75, 3.05) is 6.61 Å². The van der Waals surface area contributed by atoms with Crippen LogP contribution in [0, 0.1) is 52.3 Å². The van der Waals surface area contributed by atoms with E-state index >= 15 is 0 Å². The maximum Gasteiger partial charge on any atom is 0.0759 e. The van der Waals surface area contributed by atoms with E-state index in [1.54, 1.807) is 0 Å². The van der Waals surface area contributed by atoms with Gasteiger partial charge in [-0.25, -0.2) is 0 Å². The molecule has 4 nitrogen and oxygen atoms in total. The Morgan fingerprint density at radius 1 is 0.893 bits per heavy atom. The molecule has 0 aromatic rings. The van der Waals surface area contributed by atoms with Crippen molar-refractivity contribution in [2.24, 2.45) is 52.3 Å². The second-order valence-corrected chi connectivity index (χ2v) is 12.2. The minimum atomic E-state index is -0.682. The monoisotopic (exact) mass is 390 g/mol. The van der Waals surface area contributed by atoms with Crippen LogP contribution in [0.3, 0.4) is 0 Å². The zero-order valence-corrected chi connectivity index (χ0v) is 17.5. The molecule has 4 N–H and O–H groups in total. The first-order valence-electron chi connectivity index (χ1n) is 11.9. The van der Waals surface area contributed by atoms with Crippen LogP contribution in [0.25, 0.3) is 0 Å². The van der Waals surface area contributed by atoms with E-state index in [0.29, 0.717) is 54.3 Å². The molecule has 0 aromatic carbocycles. The minimum absolute atomic E-state index is 0.0238. The Morgan fingerprint density at radius 2 is 1.61 bits per heavy atom. The highest BCUT2D eigenvalue weighted by Gasteiger charge is 2.80. The molecule has 4 heteroatoms. The lowest BCUT2D eigenvalue weighted by Gasteiger charge is -2.64. The highest BCUT2D eigenvalue weighted by atomic mass is 16.3. The summed E-state index contributed by atoms with van der Waals surface area (Å²) in [6.45, 7) is 4.87. The van der Waals surface area contributed by atoms with E-state index in [9.17, 15) is 20.4 Å². The van der Waals surface area contributed by atoms with E-state index in [1.807, 2.05) is 0 Å². The fraction of sp³-hybridized carbons (Fsp3) is 1.00. The summed E-state index contributed by atoms with van der Waals surface area (Å²) in [7, 11) is 0. The molecule has 0 aliphatic heterocycles. The molecule has 0 amide bonds.